The first-order valence-corrected chi connectivity index (χ1v) is 8.15. The third kappa shape index (κ3) is 5.16. The number of carbonyl (C=O) groups is 3. The summed E-state index contributed by atoms with van der Waals surface area (Å²) in [7, 11) is 0. The summed E-state index contributed by atoms with van der Waals surface area (Å²) in [5.41, 5.74) is 1.48. The molecule has 2 rings (SSSR count). The number of halogens is 1. The van der Waals surface area contributed by atoms with Crippen LogP contribution in [0.4, 0.5) is 5.69 Å². The van der Waals surface area contributed by atoms with Crippen LogP contribution in [-0.2, 0) is 4.79 Å². The van der Waals surface area contributed by atoms with Gasteiger partial charge >= 0.3 is 0 Å². The van der Waals surface area contributed by atoms with Gasteiger partial charge in [0.2, 0.25) is 0 Å². The molecule has 0 unspecified atom stereocenters. The van der Waals surface area contributed by atoms with Crippen molar-refractivity contribution in [3.63, 3.8) is 0 Å². The molecule has 0 radical (unpaired) electrons. The monoisotopic (exact) mass is 359 g/mol. The molecule has 25 heavy (non-hydrogen) atoms. The van der Waals surface area contributed by atoms with Gasteiger partial charge in [-0.05, 0) is 49.4 Å². The van der Waals surface area contributed by atoms with Crippen LogP contribution in [0.3, 0.4) is 0 Å². The molecule has 0 bridgehead atoms. The summed E-state index contributed by atoms with van der Waals surface area (Å²) in [4.78, 5) is 35.2. The minimum absolute atomic E-state index is 0.0444. The van der Waals surface area contributed by atoms with Crippen LogP contribution in [0.25, 0.3) is 0 Å². The average Bonchev–Trinajstić information content (AvgIpc) is 2.60. The maximum absolute atomic E-state index is 12.0. The van der Waals surface area contributed by atoms with Gasteiger partial charge in [0.05, 0.1) is 5.56 Å². The molecule has 2 aromatic carbocycles. The number of benzene rings is 2. The highest BCUT2D eigenvalue weighted by atomic mass is 35.5. The third-order valence-corrected chi connectivity index (χ3v) is 3.73. The molecule has 0 atom stereocenters. The van der Waals surface area contributed by atoms with Crippen molar-refractivity contribution in [2.75, 3.05) is 11.9 Å². The number of hydrogen-bond donors (Lipinski definition) is 1. The minimum Gasteiger partial charge on any atom is -0.483 e. The van der Waals surface area contributed by atoms with Gasteiger partial charge in [-0.3, -0.25) is 14.4 Å². The number of Topliss-reactive ketones (excluding diaryl/α,β-unsaturated/α-hetero) is 2. The Kier molecular flexibility index (Phi) is 6.31. The van der Waals surface area contributed by atoms with Crippen molar-refractivity contribution in [3.8, 4) is 5.75 Å². The van der Waals surface area contributed by atoms with Gasteiger partial charge in [-0.1, -0.05) is 18.5 Å². The fourth-order valence-corrected chi connectivity index (χ4v) is 2.34. The molecular weight excluding hydrogens is 342 g/mol. The molecule has 0 saturated carbocycles. The van der Waals surface area contributed by atoms with Gasteiger partial charge in [0.25, 0.3) is 5.91 Å². The van der Waals surface area contributed by atoms with Crippen LogP contribution in [0.2, 0.25) is 5.02 Å². The largest absolute Gasteiger partial charge is 0.483 e. The van der Waals surface area contributed by atoms with Crippen molar-refractivity contribution in [1.29, 1.82) is 0 Å². The van der Waals surface area contributed by atoms with E-state index in [-0.39, 0.29) is 24.1 Å². The molecule has 0 aromatic heterocycles. The van der Waals surface area contributed by atoms with E-state index in [0.717, 1.165) is 0 Å². The Labute approximate surface area is 150 Å². The number of amides is 1. The standard InChI is InChI=1S/C19H18ClNO4/c1-3-17(23)16-10-14(20)6-9-18(16)25-11-19(24)21-15-7-4-13(5-8-15)12(2)22/h4-10H,3,11H2,1-2H3,(H,21,24). The van der Waals surface area contributed by atoms with E-state index >= 15 is 0 Å². The normalized spacial score (nSPS) is 10.2. The number of nitrogens with one attached hydrogen (secondary N) is 1. The van der Waals surface area contributed by atoms with Crippen molar-refractivity contribution in [2.45, 2.75) is 20.3 Å². The summed E-state index contributed by atoms with van der Waals surface area (Å²) in [5, 5.41) is 3.10. The first-order valence-electron chi connectivity index (χ1n) is 7.77. The van der Waals surface area contributed by atoms with E-state index in [0.29, 0.717) is 34.0 Å². The maximum Gasteiger partial charge on any atom is 0.262 e. The molecule has 5 nitrogen and oxygen atoms in total. The molecule has 130 valence electrons. The fraction of sp³-hybridized carbons (Fsp3) is 0.211. The van der Waals surface area contributed by atoms with Crippen LogP contribution in [-0.4, -0.2) is 24.1 Å². The molecule has 0 aliphatic heterocycles. The summed E-state index contributed by atoms with van der Waals surface area (Å²) in [5.74, 6) is -0.214. The zero-order valence-corrected chi connectivity index (χ0v) is 14.7. The molecule has 0 heterocycles. The Morgan fingerprint density at radius 1 is 1.08 bits per heavy atom. The van der Waals surface area contributed by atoms with Crippen LogP contribution in [0, 0.1) is 0 Å². The predicted molar refractivity (Wildman–Crippen MR) is 96.6 cm³/mol. The molecule has 1 N–H and O–H groups in total. The predicted octanol–water partition coefficient (Wildman–Crippen LogP) is 4.15. The first-order chi connectivity index (χ1) is 11.9. The van der Waals surface area contributed by atoms with Crippen molar-refractivity contribution in [1.82, 2.24) is 0 Å². The quantitative estimate of drug-likeness (QED) is 0.753. The summed E-state index contributed by atoms with van der Waals surface area (Å²) in [6.45, 7) is 2.97. The van der Waals surface area contributed by atoms with Crippen LogP contribution in [0.1, 0.15) is 41.0 Å². The van der Waals surface area contributed by atoms with Gasteiger partial charge < -0.3 is 10.1 Å². The lowest BCUT2D eigenvalue weighted by Crippen LogP contribution is -2.20. The number of carbonyl (C=O) groups excluding carboxylic acids is 3. The maximum atomic E-state index is 12.0. The van der Waals surface area contributed by atoms with Gasteiger partial charge in [0.1, 0.15) is 5.75 Å². The molecular formula is C19H18ClNO4. The van der Waals surface area contributed by atoms with E-state index in [2.05, 4.69) is 5.32 Å². The number of hydrogen-bond acceptors (Lipinski definition) is 4. The third-order valence-electron chi connectivity index (χ3n) is 3.50. The highest BCUT2D eigenvalue weighted by Crippen LogP contribution is 2.24. The highest BCUT2D eigenvalue weighted by molar-refractivity contribution is 6.31. The SMILES string of the molecule is CCC(=O)c1cc(Cl)ccc1OCC(=O)Nc1ccc(C(C)=O)cc1. The zero-order chi connectivity index (χ0) is 18.4. The number of ketones is 2. The fourth-order valence-electron chi connectivity index (χ4n) is 2.17. The second-order valence-electron chi connectivity index (χ2n) is 5.39. The van der Waals surface area contributed by atoms with Gasteiger partial charge in [0, 0.05) is 22.7 Å². The Hall–Kier alpha value is -2.66. The second-order valence-corrected chi connectivity index (χ2v) is 5.82. The topological polar surface area (TPSA) is 72.5 Å². The summed E-state index contributed by atoms with van der Waals surface area (Å²) in [6, 6.07) is 11.3. The van der Waals surface area contributed by atoms with E-state index in [9.17, 15) is 14.4 Å². The zero-order valence-electron chi connectivity index (χ0n) is 14.0. The van der Waals surface area contributed by atoms with Crippen molar-refractivity contribution in [3.05, 3.63) is 58.6 Å². The van der Waals surface area contributed by atoms with E-state index < -0.39 is 0 Å². The van der Waals surface area contributed by atoms with Gasteiger partial charge in [-0.2, -0.15) is 0 Å². The molecule has 6 heteroatoms. The molecule has 0 aliphatic carbocycles. The number of rotatable bonds is 7. The lowest BCUT2D eigenvalue weighted by molar-refractivity contribution is -0.118. The molecule has 1 amide bonds. The second kappa shape index (κ2) is 8.44. The van der Waals surface area contributed by atoms with Gasteiger partial charge in [0.15, 0.2) is 18.2 Å². The van der Waals surface area contributed by atoms with Crippen LogP contribution in [0.15, 0.2) is 42.5 Å². The number of ether oxygens (including phenoxy) is 1. The number of anilines is 1. The molecule has 0 fully saturated rings. The first kappa shape index (κ1) is 18.7. The summed E-state index contributed by atoms with van der Waals surface area (Å²) in [6.07, 6.45) is 0.311. The Balaban J connectivity index is 2.00. The highest BCUT2D eigenvalue weighted by Gasteiger charge is 2.13. The average molecular weight is 360 g/mol. The molecule has 0 aliphatic rings. The van der Waals surface area contributed by atoms with Crippen LogP contribution >= 0.6 is 11.6 Å². The minimum atomic E-state index is -0.375. The lowest BCUT2D eigenvalue weighted by Gasteiger charge is -2.11. The van der Waals surface area contributed by atoms with Crippen molar-refractivity contribution < 1.29 is 19.1 Å². The van der Waals surface area contributed by atoms with Crippen LogP contribution in [0.5, 0.6) is 5.75 Å². The summed E-state index contributed by atoms with van der Waals surface area (Å²) >= 11 is 5.91. The van der Waals surface area contributed by atoms with E-state index in [1.54, 1.807) is 43.3 Å². The van der Waals surface area contributed by atoms with Crippen molar-refractivity contribution in [2.24, 2.45) is 0 Å². The molecule has 0 spiro atoms. The Bertz CT molecular complexity index is 800. The van der Waals surface area contributed by atoms with Crippen LogP contribution < -0.4 is 10.1 Å². The van der Waals surface area contributed by atoms with E-state index in [1.807, 2.05) is 0 Å². The van der Waals surface area contributed by atoms with E-state index in [1.165, 1.54) is 13.0 Å². The van der Waals surface area contributed by atoms with Gasteiger partial charge in [-0.25, -0.2) is 0 Å². The Morgan fingerprint density at radius 2 is 1.76 bits per heavy atom. The van der Waals surface area contributed by atoms with Gasteiger partial charge in [-0.15, -0.1) is 0 Å². The van der Waals surface area contributed by atoms with Crippen molar-refractivity contribution >= 4 is 34.8 Å². The lowest BCUT2D eigenvalue weighted by atomic mass is 10.1. The van der Waals surface area contributed by atoms with E-state index in [4.69, 9.17) is 16.3 Å². The summed E-state index contributed by atoms with van der Waals surface area (Å²) < 4.78 is 5.47. The molecule has 0 saturated heterocycles. The smallest absolute Gasteiger partial charge is 0.262 e. The molecule has 2 aromatic rings. The Morgan fingerprint density at radius 3 is 2.36 bits per heavy atom.